The average molecular weight is 265 g/mol. The van der Waals surface area contributed by atoms with E-state index < -0.39 is 0 Å². The first-order valence-corrected chi connectivity index (χ1v) is 7.79. The van der Waals surface area contributed by atoms with Crippen LogP contribution in [0.25, 0.3) is 0 Å². The van der Waals surface area contributed by atoms with Crippen molar-refractivity contribution in [3.05, 3.63) is 11.7 Å². The molecule has 4 heteroatoms. The molecule has 2 rings (SSSR count). The third-order valence-electron chi connectivity index (χ3n) is 4.28. The average Bonchev–Trinajstić information content (AvgIpc) is 2.94. The van der Waals surface area contributed by atoms with E-state index in [0.717, 1.165) is 24.7 Å². The van der Waals surface area contributed by atoms with E-state index >= 15 is 0 Å². The summed E-state index contributed by atoms with van der Waals surface area (Å²) in [7, 11) is 0. The van der Waals surface area contributed by atoms with Crippen LogP contribution in [0.1, 0.15) is 82.8 Å². The minimum atomic E-state index is 0.274. The first kappa shape index (κ1) is 14.5. The highest BCUT2D eigenvalue weighted by molar-refractivity contribution is 5.01. The van der Waals surface area contributed by atoms with E-state index in [1.807, 2.05) is 0 Å². The second kappa shape index (κ2) is 7.04. The molecule has 0 amide bonds. The van der Waals surface area contributed by atoms with Crippen LogP contribution < -0.4 is 5.32 Å². The molecule has 1 N–H and O–H groups in total. The fraction of sp³-hybridized carbons (Fsp3) is 0.867. The Morgan fingerprint density at radius 2 is 2.00 bits per heavy atom. The van der Waals surface area contributed by atoms with E-state index in [1.165, 1.54) is 32.1 Å². The Bertz CT molecular complexity index is 371. The molecule has 1 heterocycles. The Morgan fingerprint density at radius 3 is 2.68 bits per heavy atom. The van der Waals surface area contributed by atoms with Crippen molar-refractivity contribution in [2.24, 2.45) is 0 Å². The van der Waals surface area contributed by atoms with Crippen molar-refractivity contribution in [2.45, 2.75) is 77.2 Å². The van der Waals surface area contributed by atoms with Crippen LogP contribution >= 0.6 is 0 Å². The zero-order valence-electron chi connectivity index (χ0n) is 12.5. The fourth-order valence-corrected chi connectivity index (χ4v) is 2.72. The van der Waals surface area contributed by atoms with Gasteiger partial charge in [-0.05, 0) is 32.7 Å². The van der Waals surface area contributed by atoms with Gasteiger partial charge in [0.05, 0.1) is 5.92 Å². The van der Waals surface area contributed by atoms with Crippen molar-refractivity contribution in [3.8, 4) is 0 Å². The van der Waals surface area contributed by atoms with Crippen LogP contribution in [0.5, 0.6) is 0 Å². The van der Waals surface area contributed by atoms with E-state index in [1.54, 1.807) is 0 Å². The normalized spacial score (nSPS) is 20.4. The Balaban J connectivity index is 1.95. The van der Waals surface area contributed by atoms with Gasteiger partial charge in [0.1, 0.15) is 0 Å². The minimum absolute atomic E-state index is 0.274. The number of hydrogen-bond donors (Lipinski definition) is 1. The molecule has 0 bridgehead atoms. The van der Waals surface area contributed by atoms with Gasteiger partial charge in [0, 0.05) is 12.0 Å². The highest BCUT2D eigenvalue weighted by atomic mass is 16.5. The van der Waals surface area contributed by atoms with Gasteiger partial charge >= 0.3 is 0 Å². The molecular weight excluding hydrogens is 238 g/mol. The lowest BCUT2D eigenvalue weighted by Crippen LogP contribution is -2.31. The van der Waals surface area contributed by atoms with Crippen LogP contribution in [0.3, 0.4) is 0 Å². The second-order valence-corrected chi connectivity index (χ2v) is 5.86. The van der Waals surface area contributed by atoms with Crippen LogP contribution in [0.2, 0.25) is 0 Å². The van der Waals surface area contributed by atoms with Crippen LogP contribution in [-0.4, -0.2) is 22.7 Å². The molecule has 2 atom stereocenters. The maximum Gasteiger partial charge on any atom is 0.231 e. The summed E-state index contributed by atoms with van der Waals surface area (Å²) in [6.45, 7) is 7.56. The molecule has 4 nitrogen and oxygen atoms in total. The first-order chi connectivity index (χ1) is 9.22. The van der Waals surface area contributed by atoms with E-state index in [-0.39, 0.29) is 5.92 Å². The van der Waals surface area contributed by atoms with Gasteiger partial charge in [0.25, 0.3) is 0 Å². The summed E-state index contributed by atoms with van der Waals surface area (Å²) in [6, 6.07) is 0.375. The first-order valence-electron chi connectivity index (χ1n) is 7.79. The summed E-state index contributed by atoms with van der Waals surface area (Å²) in [5, 5.41) is 7.70. The highest BCUT2D eigenvalue weighted by Gasteiger charge is 2.24. The molecule has 0 saturated heterocycles. The van der Waals surface area contributed by atoms with E-state index in [0.29, 0.717) is 12.0 Å². The van der Waals surface area contributed by atoms with Gasteiger partial charge < -0.3 is 9.84 Å². The SMILES string of the molecule is CCCNC(C)C(C)c1nc(C2CCCCC2)no1. The van der Waals surface area contributed by atoms with E-state index in [9.17, 15) is 0 Å². The number of nitrogens with one attached hydrogen (secondary N) is 1. The summed E-state index contributed by atoms with van der Waals surface area (Å²) in [4.78, 5) is 4.65. The molecule has 19 heavy (non-hydrogen) atoms. The van der Waals surface area contributed by atoms with Gasteiger partial charge in [0.2, 0.25) is 5.89 Å². The van der Waals surface area contributed by atoms with Gasteiger partial charge in [-0.3, -0.25) is 0 Å². The van der Waals surface area contributed by atoms with Crippen LogP contribution in [0.15, 0.2) is 4.52 Å². The minimum Gasteiger partial charge on any atom is -0.339 e. The molecule has 1 aromatic heterocycles. The Kier molecular flexibility index (Phi) is 5.37. The molecule has 0 aliphatic heterocycles. The molecule has 1 fully saturated rings. The largest absolute Gasteiger partial charge is 0.339 e. The molecule has 1 aliphatic rings. The van der Waals surface area contributed by atoms with Crippen LogP contribution in [0, 0.1) is 0 Å². The van der Waals surface area contributed by atoms with Gasteiger partial charge in [-0.25, -0.2) is 0 Å². The monoisotopic (exact) mass is 265 g/mol. The summed E-state index contributed by atoms with van der Waals surface area (Å²) >= 11 is 0. The lowest BCUT2D eigenvalue weighted by atomic mass is 9.89. The smallest absolute Gasteiger partial charge is 0.231 e. The second-order valence-electron chi connectivity index (χ2n) is 5.86. The molecule has 108 valence electrons. The topological polar surface area (TPSA) is 51.0 Å². The zero-order chi connectivity index (χ0) is 13.7. The lowest BCUT2D eigenvalue weighted by Gasteiger charge is -2.18. The number of rotatable bonds is 6. The van der Waals surface area contributed by atoms with Crippen molar-refractivity contribution in [3.63, 3.8) is 0 Å². The van der Waals surface area contributed by atoms with Crippen molar-refractivity contribution >= 4 is 0 Å². The Hall–Kier alpha value is -0.900. The van der Waals surface area contributed by atoms with Crippen molar-refractivity contribution < 1.29 is 4.52 Å². The summed E-state index contributed by atoms with van der Waals surface area (Å²) < 4.78 is 5.48. The summed E-state index contributed by atoms with van der Waals surface area (Å²) in [6.07, 6.45) is 7.55. The molecule has 0 spiro atoms. The zero-order valence-corrected chi connectivity index (χ0v) is 12.5. The standard InChI is InChI=1S/C15H27N3O/c1-4-10-16-12(3)11(2)15-17-14(18-19-15)13-8-6-5-7-9-13/h11-13,16H,4-10H2,1-3H3. The Labute approximate surface area is 116 Å². The van der Waals surface area contributed by atoms with Crippen LogP contribution in [0.4, 0.5) is 0 Å². The Morgan fingerprint density at radius 1 is 1.26 bits per heavy atom. The maximum absolute atomic E-state index is 5.48. The van der Waals surface area contributed by atoms with E-state index in [2.05, 4.69) is 36.2 Å². The quantitative estimate of drug-likeness (QED) is 0.853. The molecular formula is C15H27N3O. The van der Waals surface area contributed by atoms with Gasteiger partial charge in [0.15, 0.2) is 5.82 Å². The van der Waals surface area contributed by atoms with E-state index in [4.69, 9.17) is 4.52 Å². The lowest BCUT2D eigenvalue weighted by molar-refractivity contribution is 0.323. The van der Waals surface area contributed by atoms with Crippen molar-refractivity contribution in [2.75, 3.05) is 6.54 Å². The highest BCUT2D eigenvalue weighted by Crippen LogP contribution is 2.31. The van der Waals surface area contributed by atoms with Crippen molar-refractivity contribution in [1.82, 2.24) is 15.5 Å². The fourth-order valence-electron chi connectivity index (χ4n) is 2.72. The molecule has 2 unspecified atom stereocenters. The summed E-state index contributed by atoms with van der Waals surface area (Å²) in [5.74, 6) is 2.52. The third kappa shape index (κ3) is 3.78. The molecule has 1 aromatic rings. The maximum atomic E-state index is 5.48. The molecule has 1 aliphatic carbocycles. The predicted molar refractivity (Wildman–Crippen MR) is 76.3 cm³/mol. The summed E-state index contributed by atoms with van der Waals surface area (Å²) in [5.41, 5.74) is 0. The molecule has 0 radical (unpaired) electrons. The molecule has 0 aromatic carbocycles. The van der Waals surface area contributed by atoms with Gasteiger partial charge in [-0.15, -0.1) is 0 Å². The van der Waals surface area contributed by atoms with Crippen molar-refractivity contribution in [1.29, 1.82) is 0 Å². The van der Waals surface area contributed by atoms with Crippen LogP contribution in [-0.2, 0) is 0 Å². The third-order valence-corrected chi connectivity index (χ3v) is 4.28. The molecule has 1 saturated carbocycles. The number of nitrogens with zero attached hydrogens (tertiary/aromatic N) is 2. The predicted octanol–water partition coefficient (Wildman–Crippen LogP) is 3.61. The number of hydrogen-bond acceptors (Lipinski definition) is 4. The number of aromatic nitrogens is 2. The van der Waals surface area contributed by atoms with Gasteiger partial charge in [-0.2, -0.15) is 4.98 Å². The van der Waals surface area contributed by atoms with Gasteiger partial charge in [-0.1, -0.05) is 38.3 Å².